The van der Waals surface area contributed by atoms with E-state index in [1.165, 1.54) is 18.2 Å². The zero-order chi connectivity index (χ0) is 13.4. The van der Waals surface area contributed by atoms with Crippen LogP contribution in [0.15, 0.2) is 48.5 Å². The van der Waals surface area contributed by atoms with Crippen LogP contribution in [-0.2, 0) is 0 Å². The molecule has 92 valence electrons. The van der Waals surface area contributed by atoms with Crippen molar-refractivity contribution in [3.05, 3.63) is 59.7 Å². The summed E-state index contributed by atoms with van der Waals surface area (Å²) in [7, 11) is 0. The Balaban J connectivity index is 0.000000180. The Morgan fingerprint density at radius 3 is 1.83 bits per heavy atom. The number of benzene rings is 2. The minimum atomic E-state index is 0.0347. The molecule has 0 saturated heterocycles. The third kappa shape index (κ3) is 4.09. The summed E-state index contributed by atoms with van der Waals surface area (Å²) in [4.78, 5) is 20.1. The smallest absolute Gasteiger partial charge is 0.153 e. The summed E-state index contributed by atoms with van der Waals surface area (Å²) >= 11 is 0. The highest BCUT2D eigenvalue weighted by molar-refractivity contribution is 5.78. The standard InChI is InChI=1S/2C7H6O2/c8-5-6-1-3-7(9)4-2-6;8-5-6-3-1-2-4-7(6)9/h2*1-5,9H. The molecule has 0 unspecified atom stereocenters. The number of hydrogen-bond donors (Lipinski definition) is 2. The number of para-hydroxylation sites is 1. The second kappa shape index (κ2) is 6.85. The summed E-state index contributed by atoms with van der Waals surface area (Å²) in [6, 6.07) is 12.5. The third-order valence-electron chi connectivity index (χ3n) is 2.09. The van der Waals surface area contributed by atoms with Gasteiger partial charge in [0.25, 0.3) is 0 Å². The van der Waals surface area contributed by atoms with Gasteiger partial charge in [0.15, 0.2) is 6.29 Å². The maximum atomic E-state index is 10.1. The van der Waals surface area contributed by atoms with Gasteiger partial charge in [0.05, 0.1) is 5.56 Å². The molecule has 0 aliphatic rings. The zero-order valence-corrected chi connectivity index (χ0v) is 9.48. The summed E-state index contributed by atoms with van der Waals surface area (Å²) in [5.41, 5.74) is 0.908. The van der Waals surface area contributed by atoms with Gasteiger partial charge in [0, 0.05) is 5.56 Å². The molecule has 0 aromatic heterocycles. The van der Waals surface area contributed by atoms with E-state index in [2.05, 4.69) is 0 Å². The molecule has 2 aromatic rings. The first kappa shape index (κ1) is 13.4. The summed E-state index contributed by atoms with van der Waals surface area (Å²) in [6.45, 7) is 0. The average Bonchev–Trinajstić information content (AvgIpc) is 2.41. The van der Waals surface area contributed by atoms with Crippen LogP contribution in [0.4, 0.5) is 0 Å². The van der Waals surface area contributed by atoms with Gasteiger partial charge in [-0.05, 0) is 36.4 Å². The van der Waals surface area contributed by atoms with E-state index in [0.29, 0.717) is 17.4 Å². The van der Waals surface area contributed by atoms with Crippen molar-refractivity contribution in [2.24, 2.45) is 0 Å². The van der Waals surface area contributed by atoms with Crippen LogP contribution in [0.3, 0.4) is 0 Å². The number of hydrogen-bond acceptors (Lipinski definition) is 4. The number of carbonyl (C=O) groups excluding carboxylic acids is 2. The first-order chi connectivity index (χ1) is 8.67. The van der Waals surface area contributed by atoms with E-state index in [1.807, 2.05) is 0 Å². The van der Waals surface area contributed by atoms with E-state index in [4.69, 9.17) is 10.2 Å². The molecule has 2 aromatic carbocycles. The molecule has 0 fully saturated rings. The normalized spacial score (nSPS) is 8.89. The molecule has 4 heteroatoms. The summed E-state index contributed by atoms with van der Waals surface area (Å²) in [6.07, 6.45) is 1.36. The first-order valence-electron chi connectivity index (χ1n) is 5.14. The highest BCUT2D eigenvalue weighted by Gasteiger charge is 1.93. The molecule has 18 heavy (non-hydrogen) atoms. The monoisotopic (exact) mass is 244 g/mol. The molecule has 0 saturated carbocycles. The van der Waals surface area contributed by atoms with Gasteiger partial charge in [-0.1, -0.05) is 12.1 Å². The van der Waals surface area contributed by atoms with Gasteiger partial charge in [-0.15, -0.1) is 0 Å². The van der Waals surface area contributed by atoms with Crippen molar-refractivity contribution >= 4 is 12.6 Å². The predicted molar refractivity (Wildman–Crippen MR) is 67.0 cm³/mol. The fourth-order valence-corrected chi connectivity index (χ4v) is 1.14. The van der Waals surface area contributed by atoms with Gasteiger partial charge in [0.2, 0.25) is 0 Å². The number of phenolic OH excluding ortho intramolecular Hbond substituents is 2. The quantitative estimate of drug-likeness (QED) is 0.795. The third-order valence-corrected chi connectivity index (χ3v) is 2.09. The molecule has 0 bridgehead atoms. The number of phenols is 2. The van der Waals surface area contributed by atoms with Crippen molar-refractivity contribution in [1.82, 2.24) is 0 Å². The largest absolute Gasteiger partial charge is 0.508 e. The molecule has 2 rings (SSSR count). The van der Waals surface area contributed by atoms with Crippen LogP contribution in [0.1, 0.15) is 20.7 Å². The maximum Gasteiger partial charge on any atom is 0.153 e. The summed E-state index contributed by atoms with van der Waals surface area (Å²) < 4.78 is 0. The maximum absolute atomic E-state index is 10.1. The van der Waals surface area contributed by atoms with E-state index in [9.17, 15) is 9.59 Å². The van der Waals surface area contributed by atoms with Gasteiger partial charge < -0.3 is 10.2 Å². The topological polar surface area (TPSA) is 74.6 Å². The van der Waals surface area contributed by atoms with Gasteiger partial charge in [-0.25, -0.2) is 0 Å². The average molecular weight is 244 g/mol. The lowest BCUT2D eigenvalue weighted by molar-refractivity contribution is 0.111. The zero-order valence-electron chi connectivity index (χ0n) is 9.48. The van der Waals surface area contributed by atoms with Crippen LogP contribution in [0.5, 0.6) is 11.5 Å². The Hall–Kier alpha value is -2.62. The van der Waals surface area contributed by atoms with E-state index in [0.717, 1.165) is 6.29 Å². The van der Waals surface area contributed by atoms with Crippen molar-refractivity contribution in [2.75, 3.05) is 0 Å². The molecule has 0 amide bonds. The summed E-state index contributed by atoms with van der Waals surface area (Å²) in [5, 5.41) is 17.6. The molecule has 0 spiro atoms. The second-order valence-corrected chi connectivity index (χ2v) is 3.39. The molecule has 0 atom stereocenters. The SMILES string of the molecule is O=Cc1ccc(O)cc1.O=Cc1ccccc1O. The van der Waals surface area contributed by atoms with Crippen LogP contribution in [-0.4, -0.2) is 22.8 Å². The Bertz CT molecular complexity index is 518. The predicted octanol–water partition coefficient (Wildman–Crippen LogP) is 2.41. The lowest BCUT2D eigenvalue weighted by Gasteiger charge is -1.91. The fourth-order valence-electron chi connectivity index (χ4n) is 1.14. The molecule has 0 aliphatic heterocycles. The van der Waals surface area contributed by atoms with Crippen LogP contribution < -0.4 is 0 Å². The number of carbonyl (C=O) groups is 2. The Morgan fingerprint density at radius 2 is 1.39 bits per heavy atom. The Labute approximate surface area is 104 Å². The molecular weight excluding hydrogens is 232 g/mol. The second-order valence-electron chi connectivity index (χ2n) is 3.39. The van der Waals surface area contributed by atoms with Gasteiger partial charge in [-0.2, -0.15) is 0 Å². The molecule has 0 radical (unpaired) electrons. The van der Waals surface area contributed by atoms with E-state index in [1.54, 1.807) is 30.3 Å². The molecule has 2 N–H and O–H groups in total. The fraction of sp³-hybridized carbons (Fsp3) is 0. The molecule has 4 nitrogen and oxygen atoms in total. The van der Waals surface area contributed by atoms with Crippen molar-refractivity contribution < 1.29 is 19.8 Å². The van der Waals surface area contributed by atoms with Crippen molar-refractivity contribution in [2.45, 2.75) is 0 Å². The van der Waals surface area contributed by atoms with Crippen molar-refractivity contribution in [3.8, 4) is 11.5 Å². The number of rotatable bonds is 2. The van der Waals surface area contributed by atoms with E-state index < -0.39 is 0 Å². The van der Waals surface area contributed by atoms with Crippen LogP contribution in [0.2, 0.25) is 0 Å². The van der Waals surface area contributed by atoms with Crippen molar-refractivity contribution in [3.63, 3.8) is 0 Å². The minimum Gasteiger partial charge on any atom is -0.508 e. The highest BCUT2D eigenvalue weighted by atomic mass is 16.3. The van der Waals surface area contributed by atoms with E-state index in [-0.39, 0.29) is 11.5 Å². The van der Waals surface area contributed by atoms with E-state index >= 15 is 0 Å². The Kier molecular flexibility index (Phi) is 5.12. The molecule has 0 heterocycles. The number of aromatic hydroxyl groups is 2. The molecular formula is C14H12O4. The van der Waals surface area contributed by atoms with Crippen LogP contribution in [0, 0.1) is 0 Å². The number of aldehydes is 2. The minimum absolute atomic E-state index is 0.0347. The van der Waals surface area contributed by atoms with Gasteiger partial charge in [-0.3, -0.25) is 9.59 Å². The molecule has 0 aliphatic carbocycles. The highest BCUT2D eigenvalue weighted by Crippen LogP contribution is 2.11. The van der Waals surface area contributed by atoms with Crippen molar-refractivity contribution in [1.29, 1.82) is 0 Å². The lowest BCUT2D eigenvalue weighted by Crippen LogP contribution is -1.77. The summed E-state index contributed by atoms with van der Waals surface area (Å²) in [5.74, 6) is 0.216. The van der Waals surface area contributed by atoms with Gasteiger partial charge >= 0.3 is 0 Å². The van der Waals surface area contributed by atoms with Crippen LogP contribution >= 0.6 is 0 Å². The first-order valence-corrected chi connectivity index (χ1v) is 5.14. The Morgan fingerprint density at radius 1 is 0.778 bits per heavy atom. The lowest BCUT2D eigenvalue weighted by atomic mass is 10.2. The van der Waals surface area contributed by atoms with Gasteiger partial charge in [0.1, 0.15) is 17.8 Å². The van der Waals surface area contributed by atoms with Crippen LogP contribution in [0.25, 0.3) is 0 Å².